The number of rotatable bonds is 5. The molecule has 1 unspecified atom stereocenters. The van der Waals surface area contributed by atoms with E-state index in [1.165, 1.54) is 0 Å². The van der Waals surface area contributed by atoms with Gasteiger partial charge >= 0.3 is 0 Å². The molecule has 7 heteroatoms. The molecule has 0 aromatic carbocycles. The predicted octanol–water partition coefficient (Wildman–Crippen LogP) is 3.65. The van der Waals surface area contributed by atoms with Crippen LogP contribution in [-0.4, -0.2) is 65.4 Å². The SMILES string of the molecule is CC(C)C(=O)N[C@H]1CCC23C[C@]24C(=O)C[C@]2(C)[C@@H]([C@H](C)[N+](C)(C)[O-])[C@H](O)C[C@@]2(C)[C@@H]4CC[C@H]3[C@]1(C)CO. The fourth-order valence-electron chi connectivity index (χ4n) is 11.1. The fraction of sp³-hybridized carbons (Fsp3) is 0.933. The second kappa shape index (κ2) is 8.02. The van der Waals surface area contributed by atoms with Gasteiger partial charge in [-0.15, -0.1) is 0 Å². The van der Waals surface area contributed by atoms with Crippen LogP contribution in [-0.2, 0) is 9.59 Å². The molecule has 0 aromatic rings. The second-order valence-electron chi connectivity index (χ2n) is 15.3. The van der Waals surface area contributed by atoms with Gasteiger partial charge in [0.15, 0.2) is 0 Å². The number of carbonyl (C=O) groups excluding carboxylic acids is 2. The van der Waals surface area contributed by atoms with Crippen molar-refractivity contribution in [2.75, 3.05) is 20.7 Å². The van der Waals surface area contributed by atoms with Crippen molar-refractivity contribution in [3.63, 3.8) is 0 Å². The van der Waals surface area contributed by atoms with Gasteiger partial charge in [-0.2, -0.15) is 0 Å². The zero-order valence-electron chi connectivity index (χ0n) is 24.3. The van der Waals surface area contributed by atoms with Crippen molar-refractivity contribution in [2.45, 2.75) is 105 Å². The Morgan fingerprint density at radius 2 is 1.73 bits per heavy atom. The third-order valence-corrected chi connectivity index (χ3v) is 13.4. The summed E-state index contributed by atoms with van der Waals surface area (Å²) in [6.07, 6.45) is 4.86. The number of fused-ring (bicyclic) bond motifs is 2. The number of nitrogens with zero attached hydrogens (tertiary/aromatic N) is 1. The third-order valence-electron chi connectivity index (χ3n) is 13.4. The molecule has 37 heavy (non-hydrogen) atoms. The molecule has 210 valence electrons. The van der Waals surface area contributed by atoms with E-state index in [2.05, 4.69) is 26.1 Å². The van der Waals surface area contributed by atoms with Crippen LogP contribution < -0.4 is 5.32 Å². The van der Waals surface area contributed by atoms with Crippen molar-refractivity contribution in [3.05, 3.63) is 5.21 Å². The van der Waals surface area contributed by atoms with Gasteiger partial charge in [-0.1, -0.05) is 34.6 Å². The average molecular weight is 519 g/mol. The maximum Gasteiger partial charge on any atom is 0.222 e. The molecule has 5 aliphatic carbocycles. The van der Waals surface area contributed by atoms with Crippen LogP contribution in [0.5, 0.6) is 0 Å². The molecule has 5 rings (SSSR count). The van der Waals surface area contributed by atoms with Gasteiger partial charge < -0.3 is 25.4 Å². The Hall–Kier alpha value is -1.02. The molecular formula is C30H50N2O5. The summed E-state index contributed by atoms with van der Waals surface area (Å²) in [5.74, 6) is 0.389. The maximum absolute atomic E-state index is 14.4. The lowest BCUT2D eigenvalue weighted by atomic mass is 9.41. The summed E-state index contributed by atoms with van der Waals surface area (Å²) in [6.45, 7) is 12.4. The molecule has 0 saturated heterocycles. The molecule has 5 saturated carbocycles. The zero-order chi connectivity index (χ0) is 27.6. The number of Topliss-reactive ketones (excluding diaryl/α,β-unsaturated/α-hetero) is 1. The van der Waals surface area contributed by atoms with Crippen molar-refractivity contribution in [2.24, 2.45) is 50.7 Å². The summed E-state index contributed by atoms with van der Waals surface area (Å²) < 4.78 is -0.470. The first-order chi connectivity index (χ1) is 17.0. The Morgan fingerprint density at radius 1 is 1.11 bits per heavy atom. The smallest absolute Gasteiger partial charge is 0.222 e. The molecule has 7 nitrogen and oxygen atoms in total. The minimum absolute atomic E-state index is 0.00117. The molecule has 1 amide bonds. The van der Waals surface area contributed by atoms with E-state index in [4.69, 9.17) is 0 Å². The second-order valence-corrected chi connectivity index (χ2v) is 15.3. The Balaban J connectivity index is 1.51. The number of hydrogen-bond acceptors (Lipinski definition) is 5. The lowest BCUT2D eigenvalue weighted by Gasteiger charge is -2.63. The number of hydroxylamine groups is 3. The molecule has 5 aliphatic rings. The number of ketones is 1. The van der Waals surface area contributed by atoms with Crippen molar-refractivity contribution < 1.29 is 24.4 Å². The summed E-state index contributed by atoms with van der Waals surface area (Å²) in [4.78, 5) is 27.0. The zero-order valence-corrected chi connectivity index (χ0v) is 24.3. The maximum atomic E-state index is 14.4. The van der Waals surface area contributed by atoms with Crippen LogP contribution in [0.25, 0.3) is 0 Å². The Bertz CT molecular complexity index is 993. The largest absolute Gasteiger partial charge is 0.633 e. The minimum Gasteiger partial charge on any atom is -0.633 e. The molecule has 0 heterocycles. The molecule has 0 aromatic heterocycles. The average Bonchev–Trinajstić information content (AvgIpc) is 3.43. The summed E-state index contributed by atoms with van der Waals surface area (Å²) in [5, 5.41) is 38.5. The van der Waals surface area contributed by atoms with Crippen LogP contribution in [0.15, 0.2) is 0 Å². The van der Waals surface area contributed by atoms with E-state index in [-0.39, 0.29) is 59.1 Å². The Kier molecular flexibility index (Phi) is 5.97. The molecule has 0 bridgehead atoms. The molecule has 0 aliphatic heterocycles. The van der Waals surface area contributed by atoms with Crippen molar-refractivity contribution in [1.82, 2.24) is 5.32 Å². The van der Waals surface area contributed by atoms with Gasteiger partial charge in [0, 0.05) is 35.1 Å². The first-order valence-corrected chi connectivity index (χ1v) is 14.6. The van der Waals surface area contributed by atoms with Crippen LogP contribution >= 0.6 is 0 Å². The molecule has 0 radical (unpaired) electrons. The predicted molar refractivity (Wildman–Crippen MR) is 142 cm³/mol. The highest BCUT2D eigenvalue weighted by molar-refractivity contribution is 5.92. The fourth-order valence-corrected chi connectivity index (χ4v) is 11.1. The van der Waals surface area contributed by atoms with E-state index < -0.39 is 27.0 Å². The highest BCUT2D eigenvalue weighted by Crippen LogP contribution is 2.87. The first kappa shape index (κ1) is 27.5. The van der Waals surface area contributed by atoms with Gasteiger partial charge in [0.2, 0.25) is 5.91 Å². The molecule has 5 fully saturated rings. The highest BCUT2D eigenvalue weighted by atomic mass is 16.5. The third kappa shape index (κ3) is 3.20. The van der Waals surface area contributed by atoms with Gasteiger partial charge in [-0.3, -0.25) is 9.59 Å². The topological polar surface area (TPSA) is 110 Å². The van der Waals surface area contributed by atoms with Crippen LogP contribution in [0.2, 0.25) is 0 Å². The lowest BCUT2D eigenvalue weighted by molar-refractivity contribution is -0.870. The lowest BCUT2D eigenvalue weighted by Crippen LogP contribution is -2.64. The van der Waals surface area contributed by atoms with Crippen molar-refractivity contribution in [1.29, 1.82) is 0 Å². The van der Waals surface area contributed by atoms with Gasteiger partial charge in [0.1, 0.15) is 5.78 Å². The standard InChI is InChI=1S/C30H50N2O5/c1-17(2)25(36)31-22-11-12-29-15-30(29)21(10-9-20(29)26(22,4)16-33)27(5)13-19(34)24(18(3)32(7,8)37)28(27,6)14-23(30)35/h17-22,24,33-34H,9-16H2,1-8H3,(H,31,36)/t18-,19+,20-,21-,22-,24-,26-,27-,28+,29?,30-/m0/s1. The van der Waals surface area contributed by atoms with E-state index in [1.54, 1.807) is 14.1 Å². The monoisotopic (exact) mass is 518 g/mol. The number of aliphatic hydroxyl groups is 2. The summed E-state index contributed by atoms with van der Waals surface area (Å²) >= 11 is 0. The number of quaternary nitrogens is 1. The number of aliphatic hydroxyl groups excluding tert-OH is 2. The number of nitrogens with one attached hydrogen (secondary N) is 1. The van der Waals surface area contributed by atoms with Crippen molar-refractivity contribution >= 4 is 11.7 Å². The number of amides is 1. The van der Waals surface area contributed by atoms with E-state index in [9.17, 15) is 25.0 Å². The number of hydrogen-bond donors (Lipinski definition) is 3. The van der Waals surface area contributed by atoms with Gasteiger partial charge in [0.05, 0.1) is 32.8 Å². The van der Waals surface area contributed by atoms with Gasteiger partial charge in [-0.25, -0.2) is 0 Å². The molecule has 2 spiro atoms. The normalized spacial score (nSPS) is 51.6. The van der Waals surface area contributed by atoms with Crippen molar-refractivity contribution in [3.8, 4) is 0 Å². The Labute approximate surface area is 222 Å². The summed E-state index contributed by atoms with van der Waals surface area (Å²) in [7, 11) is 3.30. The molecular weight excluding hydrogens is 468 g/mol. The summed E-state index contributed by atoms with van der Waals surface area (Å²) in [5.41, 5.74) is -1.63. The van der Waals surface area contributed by atoms with E-state index in [0.29, 0.717) is 18.6 Å². The number of carbonyl (C=O) groups is 2. The van der Waals surface area contributed by atoms with Crippen LogP contribution in [0.3, 0.4) is 0 Å². The van der Waals surface area contributed by atoms with Crippen LogP contribution in [0, 0.1) is 56.0 Å². The van der Waals surface area contributed by atoms with Crippen LogP contribution in [0.4, 0.5) is 0 Å². The van der Waals surface area contributed by atoms with Gasteiger partial charge in [0.25, 0.3) is 0 Å². The quantitative estimate of drug-likeness (QED) is 0.380. The minimum atomic E-state index is -0.587. The van der Waals surface area contributed by atoms with E-state index in [0.717, 1.165) is 32.1 Å². The van der Waals surface area contributed by atoms with Gasteiger partial charge in [-0.05, 0) is 73.5 Å². The van der Waals surface area contributed by atoms with E-state index >= 15 is 0 Å². The first-order valence-electron chi connectivity index (χ1n) is 14.6. The molecule has 11 atom stereocenters. The molecule has 3 N–H and O–H groups in total. The Morgan fingerprint density at radius 3 is 2.30 bits per heavy atom. The highest BCUT2D eigenvalue weighted by Gasteiger charge is 2.86. The van der Waals surface area contributed by atoms with Crippen LogP contribution in [0.1, 0.15) is 86.5 Å². The van der Waals surface area contributed by atoms with E-state index in [1.807, 2.05) is 20.8 Å². The summed E-state index contributed by atoms with van der Waals surface area (Å²) in [6, 6.07) is -0.391.